The summed E-state index contributed by atoms with van der Waals surface area (Å²) in [6.45, 7) is 14.4. The first-order chi connectivity index (χ1) is 14.8. The molecule has 0 aliphatic rings. The highest BCUT2D eigenvalue weighted by Gasteiger charge is 2.25. The fraction of sp³-hybridized carbons (Fsp3) is 0.542. The first kappa shape index (κ1) is 25.7. The standard InChI is InChI=1S/C24H36ClN5O2/c1-8-9-14-29(22(32)27-24(5,6)7)16-21(31)26-20-15-19(23(2,3)4)28-30(20)18-13-11-10-12-17(18)25/h10-13,15H,8-9,14,16H2,1-7H3,(H,26,31)(H,27,32). The smallest absolute Gasteiger partial charge is 0.318 e. The van der Waals surface area contributed by atoms with Gasteiger partial charge in [-0.25, -0.2) is 9.48 Å². The maximum Gasteiger partial charge on any atom is 0.318 e. The summed E-state index contributed by atoms with van der Waals surface area (Å²) < 4.78 is 1.65. The molecule has 176 valence electrons. The Morgan fingerprint density at radius 1 is 1.12 bits per heavy atom. The van der Waals surface area contributed by atoms with E-state index < -0.39 is 0 Å². The topological polar surface area (TPSA) is 79.3 Å². The molecule has 0 aliphatic heterocycles. The van der Waals surface area contributed by atoms with Gasteiger partial charge in [-0.2, -0.15) is 5.10 Å². The minimum Gasteiger partial charge on any atom is -0.333 e. The van der Waals surface area contributed by atoms with Crippen LogP contribution in [-0.2, 0) is 10.2 Å². The monoisotopic (exact) mass is 461 g/mol. The van der Waals surface area contributed by atoms with Crippen molar-refractivity contribution in [2.24, 2.45) is 0 Å². The van der Waals surface area contributed by atoms with Crippen molar-refractivity contribution in [3.05, 3.63) is 41.0 Å². The highest BCUT2D eigenvalue weighted by Crippen LogP contribution is 2.29. The molecule has 0 unspecified atom stereocenters. The van der Waals surface area contributed by atoms with Crippen LogP contribution < -0.4 is 10.6 Å². The lowest BCUT2D eigenvalue weighted by Crippen LogP contribution is -2.50. The molecule has 3 amide bonds. The van der Waals surface area contributed by atoms with Gasteiger partial charge in [-0.15, -0.1) is 0 Å². The molecule has 8 heteroatoms. The summed E-state index contributed by atoms with van der Waals surface area (Å²) in [5, 5.41) is 11.1. The minimum atomic E-state index is -0.387. The zero-order valence-corrected chi connectivity index (χ0v) is 21.0. The average molecular weight is 462 g/mol. The predicted octanol–water partition coefficient (Wildman–Crippen LogP) is 5.37. The molecule has 0 spiro atoms. The van der Waals surface area contributed by atoms with Crippen molar-refractivity contribution in [2.75, 3.05) is 18.4 Å². The summed E-state index contributed by atoms with van der Waals surface area (Å²) in [5.74, 6) is 0.221. The van der Waals surface area contributed by atoms with E-state index in [0.717, 1.165) is 18.5 Å². The molecular weight excluding hydrogens is 426 g/mol. The Balaban J connectivity index is 2.29. The molecule has 2 aromatic rings. The normalized spacial score (nSPS) is 11.9. The maximum atomic E-state index is 13.0. The number of benzene rings is 1. The third-order valence-electron chi connectivity index (χ3n) is 4.71. The van der Waals surface area contributed by atoms with Gasteiger partial charge in [-0.1, -0.05) is 57.8 Å². The van der Waals surface area contributed by atoms with E-state index in [9.17, 15) is 9.59 Å². The zero-order chi connectivity index (χ0) is 24.1. The highest BCUT2D eigenvalue weighted by molar-refractivity contribution is 6.32. The molecule has 7 nitrogen and oxygen atoms in total. The summed E-state index contributed by atoms with van der Waals surface area (Å²) in [6.07, 6.45) is 1.74. The number of urea groups is 1. The number of unbranched alkanes of at least 4 members (excludes halogenated alkanes) is 1. The number of nitrogens with one attached hydrogen (secondary N) is 2. The molecule has 1 aromatic carbocycles. The Morgan fingerprint density at radius 3 is 2.34 bits per heavy atom. The SMILES string of the molecule is CCCCN(CC(=O)Nc1cc(C(C)(C)C)nn1-c1ccccc1Cl)C(=O)NC(C)(C)C. The number of hydrogen-bond donors (Lipinski definition) is 2. The number of carbonyl (C=O) groups is 2. The molecule has 0 fully saturated rings. The zero-order valence-electron chi connectivity index (χ0n) is 20.3. The summed E-state index contributed by atoms with van der Waals surface area (Å²) in [5.41, 5.74) is 0.892. The Labute approximate surface area is 196 Å². The molecule has 0 radical (unpaired) electrons. The molecule has 0 saturated carbocycles. The van der Waals surface area contributed by atoms with Crippen molar-refractivity contribution < 1.29 is 9.59 Å². The quantitative estimate of drug-likeness (QED) is 0.581. The van der Waals surface area contributed by atoms with E-state index >= 15 is 0 Å². The van der Waals surface area contributed by atoms with E-state index in [1.165, 1.54) is 0 Å². The Bertz CT molecular complexity index is 941. The first-order valence-corrected chi connectivity index (χ1v) is 11.4. The molecule has 0 saturated heterocycles. The Kier molecular flexibility index (Phi) is 8.35. The molecule has 2 N–H and O–H groups in total. The number of amides is 3. The average Bonchev–Trinajstić information content (AvgIpc) is 3.08. The van der Waals surface area contributed by atoms with E-state index in [-0.39, 0.29) is 29.4 Å². The van der Waals surface area contributed by atoms with Crippen molar-refractivity contribution in [2.45, 2.75) is 72.3 Å². The van der Waals surface area contributed by atoms with Gasteiger partial charge >= 0.3 is 6.03 Å². The van der Waals surface area contributed by atoms with Crippen molar-refractivity contribution in [3.63, 3.8) is 0 Å². The molecule has 1 aromatic heterocycles. The van der Waals surface area contributed by atoms with Gasteiger partial charge in [0.25, 0.3) is 0 Å². The maximum absolute atomic E-state index is 13.0. The second-order valence-electron chi connectivity index (χ2n) is 10.0. The molecule has 0 aliphatic carbocycles. The van der Waals surface area contributed by atoms with Gasteiger partial charge in [0.1, 0.15) is 12.4 Å². The van der Waals surface area contributed by atoms with Crippen LogP contribution >= 0.6 is 11.6 Å². The molecule has 1 heterocycles. The van der Waals surface area contributed by atoms with Crippen molar-refractivity contribution in [3.8, 4) is 5.69 Å². The van der Waals surface area contributed by atoms with Crippen LogP contribution in [0.2, 0.25) is 5.02 Å². The third-order valence-corrected chi connectivity index (χ3v) is 5.03. The van der Waals surface area contributed by atoms with E-state index in [1.54, 1.807) is 15.6 Å². The second kappa shape index (κ2) is 10.4. The van der Waals surface area contributed by atoms with Gasteiger partial charge in [0.2, 0.25) is 5.91 Å². The number of halogens is 1. The largest absolute Gasteiger partial charge is 0.333 e. The molecule has 2 rings (SSSR count). The van der Waals surface area contributed by atoms with Crippen LogP contribution in [0.15, 0.2) is 30.3 Å². The van der Waals surface area contributed by atoms with Crippen LogP contribution in [0.4, 0.5) is 10.6 Å². The number of hydrogen-bond acceptors (Lipinski definition) is 3. The van der Waals surface area contributed by atoms with E-state index in [0.29, 0.717) is 23.1 Å². The van der Waals surface area contributed by atoms with Crippen LogP contribution in [0.3, 0.4) is 0 Å². The van der Waals surface area contributed by atoms with Crippen LogP contribution in [0.1, 0.15) is 67.0 Å². The predicted molar refractivity (Wildman–Crippen MR) is 131 cm³/mol. The molecule has 32 heavy (non-hydrogen) atoms. The first-order valence-electron chi connectivity index (χ1n) is 11.0. The Hall–Kier alpha value is -2.54. The molecule has 0 atom stereocenters. The number of carbonyl (C=O) groups excluding carboxylic acids is 2. The lowest BCUT2D eigenvalue weighted by atomic mass is 9.92. The number of anilines is 1. The fourth-order valence-corrected chi connectivity index (χ4v) is 3.22. The van der Waals surface area contributed by atoms with E-state index in [2.05, 4.69) is 38.3 Å². The van der Waals surface area contributed by atoms with Gasteiger partial charge in [0.15, 0.2) is 0 Å². The van der Waals surface area contributed by atoms with Gasteiger partial charge in [0, 0.05) is 23.6 Å². The minimum absolute atomic E-state index is 0.0551. The highest BCUT2D eigenvalue weighted by atomic mass is 35.5. The van der Waals surface area contributed by atoms with Crippen LogP contribution in [0.5, 0.6) is 0 Å². The molecular formula is C24H36ClN5O2. The number of rotatable bonds is 7. The lowest BCUT2D eigenvalue weighted by Gasteiger charge is -2.28. The lowest BCUT2D eigenvalue weighted by molar-refractivity contribution is -0.116. The number of nitrogens with zero attached hydrogens (tertiary/aromatic N) is 3. The summed E-state index contributed by atoms with van der Waals surface area (Å²) in [7, 11) is 0. The van der Waals surface area contributed by atoms with Crippen LogP contribution in [-0.4, -0.2) is 45.2 Å². The number of para-hydroxylation sites is 1. The van der Waals surface area contributed by atoms with Crippen LogP contribution in [0.25, 0.3) is 5.69 Å². The van der Waals surface area contributed by atoms with Crippen molar-refractivity contribution >= 4 is 29.4 Å². The van der Waals surface area contributed by atoms with Gasteiger partial charge < -0.3 is 15.5 Å². The van der Waals surface area contributed by atoms with Gasteiger partial charge in [-0.3, -0.25) is 4.79 Å². The fourth-order valence-electron chi connectivity index (χ4n) is 3.00. The van der Waals surface area contributed by atoms with E-state index in [1.807, 2.05) is 45.0 Å². The second-order valence-corrected chi connectivity index (χ2v) is 10.4. The van der Waals surface area contributed by atoms with Crippen molar-refractivity contribution in [1.29, 1.82) is 0 Å². The van der Waals surface area contributed by atoms with E-state index in [4.69, 9.17) is 16.7 Å². The Morgan fingerprint density at radius 2 is 1.78 bits per heavy atom. The van der Waals surface area contributed by atoms with Crippen LogP contribution in [0, 0.1) is 0 Å². The van der Waals surface area contributed by atoms with Gasteiger partial charge in [0.05, 0.1) is 16.4 Å². The number of aromatic nitrogens is 2. The van der Waals surface area contributed by atoms with Gasteiger partial charge in [-0.05, 0) is 39.3 Å². The summed E-state index contributed by atoms with van der Waals surface area (Å²) >= 11 is 6.40. The summed E-state index contributed by atoms with van der Waals surface area (Å²) in [4.78, 5) is 27.2. The van der Waals surface area contributed by atoms with Crippen molar-refractivity contribution in [1.82, 2.24) is 20.0 Å². The summed E-state index contributed by atoms with van der Waals surface area (Å²) in [6, 6.07) is 8.95. The third kappa shape index (κ3) is 7.26. The molecule has 0 bridgehead atoms.